The summed E-state index contributed by atoms with van der Waals surface area (Å²) < 4.78 is 48.2. The molecule has 1 amide bonds. The Morgan fingerprint density at radius 2 is 1.78 bits per heavy atom. The highest BCUT2D eigenvalue weighted by Crippen LogP contribution is 2.34. The van der Waals surface area contributed by atoms with Crippen LogP contribution in [0.1, 0.15) is 16.1 Å². The maximum absolute atomic E-state index is 13.8. The Hall–Kier alpha value is -3.84. The second-order valence-electron chi connectivity index (χ2n) is 8.07. The van der Waals surface area contributed by atoms with Crippen LogP contribution in [0.5, 0.6) is 0 Å². The zero-order chi connectivity index (χ0) is 26.0. The molecule has 1 aliphatic heterocycles. The van der Waals surface area contributed by atoms with Gasteiger partial charge in [-0.15, -0.1) is 10.2 Å². The number of hydrogen-bond acceptors (Lipinski definition) is 7. The van der Waals surface area contributed by atoms with Crippen LogP contribution < -0.4 is 10.2 Å². The molecule has 1 N–H and O–H groups in total. The summed E-state index contributed by atoms with van der Waals surface area (Å²) >= 11 is 3.29. The van der Waals surface area contributed by atoms with Crippen molar-refractivity contribution in [2.24, 2.45) is 0 Å². The Morgan fingerprint density at radius 3 is 2.43 bits per heavy atom. The summed E-state index contributed by atoms with van der Waals surface area (Å²) in [4.78, 5) is 18.8. The van der Waals surface area contributed by atoms with Gasteiger partial charge in [0.15, 0.2) is 17.3 Å². The number of hydrogen-bond donors (Lipinski definition) is 1. The highest BCUT2D eigenvalue weighted by molar-refractivity contribution is 9.10. The Morgan fingerprint density at radius 1 is 1.00 bits per heavy atom. The molecule has 3 aromatic heterocycles. The summed E-state index contributed by atoms with van der Waals surface area (Å²) in [5.74, 6) is 0.206. The fraction of sp³-hybridized carbons (Fsp3) is 0.208. The van der Waals surface area contributed by atoms with Crippen LogP contribution in [0.4, 0.5) is 24.8 Å². The molecule has 0 aliphatic carbocycles. The third-order valence-corrected chi connectivity index (χ3v) is 6.07. The van der Waals surface area contributed by atoms with E-state index in [0.717, 1.165) is 10.5 Å². The highest BCUT2D eigenvalue weighted by Gasteiger charge is 2.37. The fourth-order valence-electron chi connectivity index (χ4n) is 3.74. The van der Waals surface area contributed by atoms with Crippen molar-refractivity contribution in [3.63, 3.8) is 0 Å². The van der Waals surface area contributed by atoms with Crippen molar-refractivity contribution in [3.05, 3.63) is 76.5 Å². The SMILES string of the molecule is O=C(Nc1ccc(-n2nc(-c3ccc(N4CCOCC4)nc3)cc2C(F)(F)F)nn1)c1cccc(Br)c1. The first-order chi connectivity index (χ1) is 17.8. The summed E-state index contributed by atoms with van der Waals surface area (Å²) in [7, 11) is 0. The minimum atomic E-state index is -4.69. The highest BCUT2D eigenvalue weighted by atomic mass is 79.9. The molecular formula is C24H19BrF3N7O2. The maximum atomic E-state index is 13.8. The van der Waals surface area contributed by atoms with E-state index in [1.54, 1.807) is 36.4 Å². The van der Waals surface area contributed by atoms with Crippen LogP contribution in [0.25, 0.3) is 17.1 Å². The normalized spacial score (nSPS) is 14.0. The Labute approximate surface area is 217 Å². The van der Waals surface area contributed by atoms with Gasteiger partial charge in [0, 0.05) is 34.9 Å². The van der Waals surface area contributed by atoms with Crippen LogP contribution >= 0.6 is 15.9 Å². The number of amides is 1. The van der Waals surface area contributed by atoms with E-state index >= 15 is 0 Å². The molecule has 9 nitrogen and oxygen atoms in total. The Balaban J connectivity index is 1.39. The van der Waals surface area contributed by atoms with E-state index in [4.69, 9.17) is 4.74 Å². The Bertz CT molecular complexity index is 1400. The monoisotopic (exact) mass is 573 g/mol. The molecule has 4 heterocycles. The van der Waals surface area contributed by atoms with E-state index < -0.39 is 17.8 Å². The molecule has 37 heavy (non-hydrogen) atoms. The van der Waals surface area contributed by atoms with E-state index in [0.29, 0.717) is 47.9 Å². The van der Waals surface area contributed by atoms with E-state index in [-0.39, 0.29) is 17.3 Å². The molecule has 5 rings (SSSR count). The number of nitrogens with zero attached hydrogens (tertiary/aromatic N) is 6. The zero-order valence-corrected chi connectivity index (χ0v) is 20.7. The van der Waals surface area contributed by atoms with E-state index in [1.807, 2.05) is 4.90 Å². The molecule has 0 unspecified atom stereocenters. The first kappa shape index (κ1) is 24.8. The quantitative estimate of drug-likeness (QED) is 0.372. The number of carbonyl (C=O) groups excluding carboxylic acids is 1. The lowest BCUT2D eigenvalue weighted by Gasteiger charge is -2.27. The molecule has 0 saturated carbocycles. The summed E-state index contributed by atoms with van der Waals surface area (Å²) in [6, 6.07) is 13.7. The van der Waals surface area contributed by atoms with Crippen molar-refractivity contribution in [1.82, 2.24) is 25.0 Å². The molecule has 1 saturated heterocycles. The minimum Gasteiger partial charge on any atom is -0.378 e. The number of carbonyl (C=O) groups is 1. The topological polar surface area (TPSA) is 98.1 Å². The lowest BCUT2D eigenvalue weighted by molar-refractivity contribution is -0.142. The van der Waals surface area contributed by atoms with Gasteiger partial charge < -0.3 is 15.0 Å². The molecule has 0 spiro atoms. The smallest absolute Gasteiger partial charge is 0.378 e. The van der Waals surface area contributed by atoms with Crippen LogP contribution in [0.3, 0.4) is 0 Å². The third-order valence-electron chi connectivity index (χ3n) is 5.57. The minimum absolute atomic E-state index is 0.0811. The fourth-order valence-corrected chi connectivity index (χ4v) is 4.14. The summed E-state index contributed by atoms with van der Waals surface area (Å²) in [6.07, 6.45) is -3.20. The number of nitrogens with one attached hydrogen (secondary N) is 1. The number of benzene rings is 1. The van der Waals surface area contributed by atoms with Crippen LogP contribution in [0.2, 0.25) is 0 Å². The van der Waals surface area contributed by atoms with Crippen molar-refractivity contribution in [2.45, 2.75) is 6.18 Å². The third kappa shape index (κ3) is 5.62. The number of ether oxygens (including phenoxy) is 1. The first-order valence-electron chi connectivity index (χ1n) is 11.2. The number of aromatic nitrogens is 5. The van der Waals surface area contributed by atoms with Crippen molar-refractivity contribution in [2.75, 3.05) is 36.5 Å². The van der Waals surface area contributed by atoms with Gasteiger partial charge in [-0.3, -0.25) is 4.79 Å². The second kappa shape index (κ2) is 10.3. The average molecular weight is 574 g/mol. The van der Waals surface area contributed by atoms with Crippen molar-refractivity contribution in [1.29, 1.82) is 0 Å². The maximum Gasteiger partial charge on any atom is 0.433 e. The number of halogens is 4. The van der Waals surface area contributed by atoms with Crippen LogP contribution in [-0.2, 0) is 10.9 Å². The Kier molecular flexibility index (Phi) is 6.89. The lowest BCUT2D eigenvalue weighted by Crippen LogP contribution is -2.36. The number of morpholine rings is 1. The van der Waals surface area contributed by atoms with Gasteiger partial charge >= 0.3 is 6.18 Å². The summed E-state index contributed by atoms with van der Waals surface area (Å²) in [5, 5.41) is 14.4. The van der Waals surface area contributed by atoms with Crippen LogP contribution in [0.15, 0.2) is 65.3 Å². The first-order valence-corrected chi connectivity index (χ1v) is 11.9. The number of rotatable bonds is 5. The average Bonchev–Trinajstić information content (AvgIpc) is 3.36. The molecule has 1 fully saturated rings. The van der Waals surface area contributed by atoms with Crippen molar-refractivity contribution >= 4 is 33.5 Å². The van der Waals surface area contributed by atoms with E-state index in [9.17, 15) is 18.0 Å². The standard InChI is InChI=1S/C24H19BrF3N7O2/c25-17-3-1-2-15(12-17)23(36)30-20-5-7-22(32-31-20)35-19(24(26,27)28)13-18(33-35)16-4-6-21(29-14-16)34-8-10-37-11-9-34/h1-7,12-14H,8-11H2,(H,30,31,36). The molecule has 0 radical (unpaired) electrons. The van der Waals surface area contributed by atoms with Crippen molar-refractivity contribution < 1.29 is 22.7 Å². The van der Waals surface area contributed by atoms with Gasteiger partial charge in [0.05, 0.1) is 18.9 Å². The van der Waals surface area contributed by atoms with Gasteiger partial charge in [-0.2, -0.15) is 18.3 Å². The number of alkyl halides is 3. The predicted molar refractivity (Wildman–Crippen MR) is 133 cm³/mol. The zero-order valence-electron chi connectivity index (χ0n) is 19.1. The molecule has 1 aliphatic rings. The molecule has 0 bridgehead atoms. The van der Waals surface area contributed by atoms with Gasteiger partial charge in [-0.1, -0.05) is 22.0 Å². The lowest BCUT2D eigenvalue weighted by atomic mass is 10.2. The molecule has 4 aromatic rings. The number of anilines is 2. The number of pyridine rings is 1. The van der Waals surface area contributed by atoms with E-state index in [1.165, 1.54) is 18.3 Å². The predicted octanol–water partition coefficient (Wildman–Crippen LogP) is 4.59. The van der Waals surface area contributed by atoms with Crippen LogP contribution in [0, 0.1) is 0 Å². The van der Waals surface area contributed by atoms with Crippen LogP contribution in [-0.4, -0.2) is 57.2 Å². The van der Waals surface area contributed by atoms with Gasteiger partial charge in [-0.05, 0) is 48.5 Å². The van der Waals surface area contributed by atoms with Gasteiger partial charge in [0.1, 0.15) is 5.82 Å². The van der Waals surface area contributed by atoms with Gasteiger partial charge in [-0.25, -0.2) is 9.67 Å². The summed E-state index contributed by atoms with van der Waals surface area (Å²) in [6.45, 7) is 2.57. The largest absolute Gasteiger partial charge is 0.433 e. The van der Waals surface area contributed by atoms with Crippen molar-refractivity contribution in [3.8, 4) is 17.1 Å². The molecule has 13 heteroatoms. The van der Waals surface area contributed by atoms with Gasteiger partial charge in [0.25, 0.3) is 5.91 Å². The van der Waals surface area contributed by atoms with E-state index in [2.05, 4.69) is 41.5 Å². The second-order valence-corrected chi connectivity index (χ2v) is 8.99. The van der Waals surface area contributed by atoms with Gasteiger partial charge in [0.2, 0.25) is 0 Å². The molecule has 190 valence electrons. The molecule has 0 atom stereocenters. The molecular weight excluding hydrogens is 555 g/mol. The molecule has 1 aromatic carbocycles. The summed E-state index contributed by atoms with van der Waals surface area (Å²) in [5.41, 5.74) is -0.126.